The highest BCUT2D eigenvalue weighted by Crippen LogP contribution is 2.44. The van der Waals surface area contributed by atoms with Gasteiger partial charge in [-0.1, -0.05) is 12.2 Å². The second-order valence-electron chi connectivity index (χ2n) is 10.6. The number of non-ortho nitro benzene ring substituents is 1. The topological polar surface area (TPSA) is 221 Å². The molecule has 2 saturated heterocycles. The van der Waals surface area contributed by atoms with Gasteiger partial charge in [0.2, 0.25) is 10.0 Å². The first kappa shape index (κ1) is 31.8. The third-order valence-corrected chi connectivity index (χ3v) is 9.88. The molecule has 0 spiro atoms. The van der Waals surface area contributed by atoms with E-state index in [9.17, 15) is 38.8 Å². The molecule has 3 aliphatic rings. The summed E-state index contributed by atoms with van der Waals surface area (Å²) >= 11 is 0. The molecule has 5 atom stereocenters. The standard InChI is InChI=1S/C16H17N5O7S.C10H13N3O3/c1-18-16(13(8-17-18)21(24)25)15-7-6-12-14(9-28-15)19(12)29(26,27)11-4-2-10(3-5-11)20(22)23;1-12-10(8(7-11-12)13(14)15)9-5-3-2-4-6-16-9/h2-5,8,12,14-15H,6-7,9H2,1H3;2,4,7,9H,3,5-6H2,1H3/t12-,14+,15?,19?;/m1./s1. The van der Waals surface area contributed by atoms with Gasteiger partial charge >= 0.3 is 11.4 Å². The summed E-state index contributed by atoms with van der Waals surface area (Å²) in [7, 11) is -0.505. The minimum absolute atomic E-state index is 0.0185. The number of aromatic nitrogens is 4. The summed E-state index contributed by atoms with van der Waals surface area (Å²) in [6, 6.07) is 4.10. The highest BCUT2D eigenvalue weighted by atomic mass is 32.2. The number of nitrogens with zero attached hydrogens (tertiary/aromatic N) is 8. The van der Waals surface area contributed by atoms with Crippen LogP contribution >= 0.6 is 0 Å². The van der Waals surface area contributed by atoms with Crippen molar-refractivity contribution in [3.8, 4) is 0 Å². The zero-order chi connectivity index (χ0) is 32.5. The lowest BCUT2D eigenvalue weighted by atomic mass is 10.1. The quantitative estimate of drug-likeness (QED) is 0.156. The number of fused-ring (bicyclic) bond motifs is 1. The van der Waals surface area contributed by atoms with Gasteiger partial charge in [0.05, 0.1) is 38.9 Å². The van der Waals surface area contributed by atoms with Crippen LogP contribution in [-0.4, -0.2) is 72.4 Å². The SMILES string of the molecule is Cn1ncc([N+](=O)[O-])c1C1CCC=CCO1.Cn1ncc([N+](=O)[O-])c1C1CC[C@@H]2[C@H](CO1)N2S(=O)(=O)c1ccc([N+](=O)[O-])cc1. The van der Waals surface area contributed by atoms with Gasteiger partial charge in [-0.25, -0.2) is 8.42 Å². The number of nitro benzene ring substituents is 1. The Hall–Kier alpha value is -4.59. The number of ether oxygens (including phenoxy) is 2. The molecule has 19 heteroatoms. The predicted molar refractivity (Wildman–Crippen MR) is 154 cm³/mol. The molecule has 0 aliphatic carbocycles. The molecule has 2 aromatic heterocycles. The Bertz CT molecular complexity index is 1710. The number of benzene rings is 1. The lowest BCUT2D eigenvalue weighted by Gasteiger charge is -2.17. The third kappa shape index (κ3) is 6.46. The molecule has 1 aromatic carbocycles. The summed E-state index contributed by atoms with van der Waals surface area (Å²) < 4.78 is 41.4. The minimum atomic E-state index is -3.80. The molecule has 45 heavy (non-hydrogen) atoms. The molecule has 0 amide bonds. The van der Waals surface area contributed by atoms with Crippen molar-refractivity contribution in [3.63, 3.8) is 0 Å². The highest BCUT2D eigenvalue weighted by molar-refractivity contribution is 7.89. The zero-order valence-corrected chi connectivity index (χ0v) is 25.1. The van der Waals surface area contributed by atoms with E-state index in [1.54, 1.807) is 14.1 Å². The summed E-state index contributed by atoms with van der Waals surface area (Å²) in [6.45, 7) is 0.594. The van der Waals surface area contributed by atoms with Crippen molar-refractivity contribution in [1.82, 2.24) is 23.9 Å². The Morgan fingerprint density at radius 2 is 1.36 bits per heavy atom. The van der Waals surface area contributed by atoms with E-state index in [1.165, 1.54) is 38.2 Å². The Morgan fingerprint density at radius 3 is 1.91 bits per heavy atom. The van der Waals surface area contributed by atoms with Crippen molar-refractivity contribution in [2.45, 2.75) is 54.9 Å². The second-order valence-corrected chi connectivity index (χ2v) is 12.4. The van der Waals surface area contributed by atoms with E-state index in [0.29, 0.717) is 30.8 Å². The van der Waals surface area contributed by atoms with Gasteiger partial charge in [-0.2, -0.15) is 14.5 Å². The van der Waals surface area contributed by atoms with Gasteiger partial charge in [0, 0.05) is 32.3 Å². The van der Waals surface area contributed by atoms with Gasteiger partial charge in [0.15, 0.2) is 0 Å². The lowest BCUT2D eigenvalue weighted by molar-refractivity contribution is -0.386. The largest absolute Gasteiger partial charge is 0.370 e. The van der Waals surface area contributed by atoms with Crippen LogP contribution in [0.2, 0.25) is 0 Å². The van der Waals surface area contributed by atoms with E-state index in [-0.39, 0.29) is 46.8 Å². The molecule has 3 aromatic rings. The fourth-order valence-electron chi connectivity index (χ4n) is 5.67. The van der Waals surface area contributed by atoms with E-state index >= 15 is 0 Å². The summed E-state index contributed by atoms with van der Waals surface area (Å²) in [5.41, 5.74) is 0.639. The smallest absolute Gasteiger partial charge is 0.312 e. The molecule has 2 fully saturated rings. The number of nitro groups is 3. The first-order valence-electron chi connectivity index (χ1n) is 13.9. The monoisotopic (exact) mass is 646 g/mol. The van der Waals surface area contributed by atoms with Crippen LogP contribution in [0, 0.1) is 30.3 Å². The Labute approximate surface area is 256 Å². The Balaban J connectivity index is 0.000000211. The molecule has 240 valence electrons. The van der Waals surface area contributed by atoms with Gasteiger partial charge in [-0.05, 0) is 37.8 Å². The molecule has 3 aliphatic heterocycles. The second kappa shape index (κ2) is 12.8. The Kier molecular flexibility index (Phi) is 9.05. The van der Waals surface area contributed by atoms with Gasteiger partial charge < -0.3 is 9.47 Å². The fourth-order valence-corrected chi connectivity index (χ4v) is 7.50. The highest BCUT2D eigenvalue weighted by Gasteiger charge is 2.57. The van der Waals surface area contributed by atoms with Crippen LogP contribution in [0.4, 0.5) is 17.1 Å². The maximum atomic E-state index is 12.9. The van der Waals surface area contributed by atoms with Gasteiger partial charge in [0.25, 0.3) is 5.69 Å². The van der Waals surface area contributed by atoms with Crippen LogP contribution in [0.1, 0.15) is 49.3 Å². The normalized spacial score (nSPS) is 24.4. The molecule has 0 bridgehead atoms. The molecule has 5 heterocycles. The number of allylic oxidation sites excluding steroid dienone is 1. The van der Waals surface area contributed by atoms with Gasteiger partial charge in [-0.15, -0.1) is 0 Å². The van der Waals surface area contributed by atoms with Crippen LogP contribution in [-0.2, 0) is 33.6 Å². The van der Waals surface area contributed by atoms with Crippen LogP contribution in [0.5, 0.6) is 0 Å². The Morgan fingerprint density at radius 1 is 0.778 bits per heavy atom. The van der Waals surface area contributed by atoms with Crippen LogP contribution in [0.25, 0.3) is 0 Å². The number of hydrogen-bond acceptors (Lipinski definition) is 12. The van der Waals surface area contributed by atoms with Gasteiger partial charge in [0.1, 0.15) is 36.0 Å². The van der Waals surface area contributed by atoms with Crippen LogP contribution < -0.4 is 0 Å². The van der Waals surface area contributed by atoms with E-state index in [1.807, 2.05) is 12.2 Å². The van der Waals surface area contributed by atoms with E-state index < -0.39 is 30.9 Å². The first-order chi connectivity index (χ1) is 21.4. The van der Waals surface area contributed by atoms with Crippen molar-refractivity contribution in [3.05, 3.63) is 90.5 Å². The zero-order valence-electron chi connectivity index (χ0n) is 24.2. The van der Waals surface area contributed by atoms with Crippen molar-refractivity contribution in [1.29, 1.82) is 0 Å². The van der Waals surface area contributed by atoms with Crippen molar-refractivity contribution in [2.75, 3.05) is 13.2 Å². The summed E-state index contributed by atoms with van der Waals surface area (Å²) in [6.07, 6.45) is 8.13. The molecule has 6 rings (SSSR count). The molecule has 18 nitrogen and oxygen atoms in total. The van der Waals surface area contributed by atoms with Crippen LogP contribution in [0.15, 0.2) is 53.7 Å². The number of sulfonamides is 1. The fraction of sp³-hybridized carbons (Fsp3) is 0.462. The maximum Gasteiger partial charge on any atom is 0.312 e. The molecule has 0 radical (unpaired) electrons. The third-order valence-electron chi connectivity index (χ3n) is 7.91. The predicted octanol–water partition coefficient (Wildman–Crippen LogP) is 3.27. The summed E-state index contributed by atoms with van der Waals surface area (Å²) in [4.78, 5) is 31.3. The molecular weight excluding hydrogens is 616 g/mol. The van der Waals surface area contributed by atoms with Crippen LogP contribution in [0.3, 0.4) is 0 Å². The van der Waals surface area contributed by atoms with Crippen molar-refractivity contribution >= 4 is 27.1 Å². The maximum absolute atomic E-state index is 12.9. The average Bonchev–Trinajstić information content (AvgIpc) is 3.58. The summed E-state index contributed by atoms with van der Waals surface area (Å²) in [5.74, 6) is 0. The van der Waals surface area contributed by atoms with Gasteiger partial charge in [-0.3, -0.25) is 39.7 Å². The van der Waals surface area contributed by atoms with Crippen molar-refractivity contribution in [2.24, 2.45) is 14.1 Å². The first-order valence-corrected chi connectivity index (χ1v) is 15.3. The molecule has 0 saturated carbocycles. The van der Waals surface area contributed by atoms with E-state index in [0.717, 1.165) is 25.0 Å². The summed E-state index contributed by atoms with van der Waals surface area (Å²) in [5, 5.41) is 40.7. The molecule has 3 unspecified atom stereocenters. The number of aryl methyl sites for hydroxylation is 2. The van der Waals surface area contributed by atoms with Crippen molar-refractivity contribution < 1.29 is 32.7 Å². The number of rotatable bonds is 7. The molecule has 0 N–H and O–H groups in total. The number of hydrogen-bond donors (Lipinski definition) is 0. The molecular formula is C26H30N8O10S. The lowest BCUT2D eigenvalue weighted by Crippen LogP contribution is -2.20. The van der Waals surface area contributed by atoms with E-state index in [4.69, 9.17) is 9.47 Å². The minimum Gasteiger partial charge on any atom is -0.370 e. The average molecular weight is 647 g/mol. The van der Waals surface area contributed by atoms with E-state index in [2.05, 4.69) is 10.2 Å².